The Hall–Kier alpha value is -2.72. The lowest BCUT2D eigenvalue weighted by Crippen LogP contribution is -2.36. The average molecular weight is 437 g/mol. The predicted molar refractivity (Wildman–Crippen MR) is 110 cm³/mol. The van der Waals surface area contributed by atoms with E-state index in [1.165, 1.54) is 29.8 Å². The second kappa shape index (κ2) is 9.19. The number of methoxy groups -OCH3 is 1. The molecule has 2 aromatic heterocycles. The lowest BCUT2D eigenvalue weighted by Gasteiger charge is -2.27. The molecule has 0 aromatic carbocycles. The Balaban J connectivity index is 1.73. The molecule has 2 heterocycles. The van der Waals surface area contributed by atoms with Gasteiger partial charge in [-0.25, -0.2) is 4.79 Å². The highest BCUT2D eigenvalue weighted by Crippen LogP contribution is 2.33. The minimum atomic E-state index is -0.970. The van der Waals surface area contributed by atoms with Gasteiger partial charge in [0.1, 0.15) is 10.0 Å². The van der Waals surface area contributed by atoms with E-state index in [0.717, 1.165) is 12.8 Å². The van der Waals surface area contributed by atoms with E-state index in [1.807, 2.05) is 0 Å². The Kier molecular flexibility index (Phi) is 6.65. The highest BCUT2D eigenvalue weighted by molar-refractivity contribution is 7.15. The van der Waals surface area contributed by atoms with Gasteiger partial charge < -0.3 is 20.5 Å². The number of thiophene rings is 2. The van der Waals surface area contributed by atoms with E-state index in [2.05, 4.69) is 10.6 Å². The number of hydrogen-bond acceptors (Lipinski definition) is 7. The molecule has 10 heteroatoms. The Morgan fingerprint density at radius 1 is 0.966 bits per heavy atom. The van der Waals surface area contributed by atoms with Gasteiger partial charge in [-0.3, -0.25) is 14.4 Å². The molecule has 0 radical (unpaired) electrons. The van der Waals surface area contributed by atoms with Crippen LogP contribution in [0.5, 0.6) is 0 Å². The molecule has 1 aliphatic carbocycles. The van der Waals surface area contributed by atoms with Crippen molar-refractivity contribution in [2.24, 2.45) is 11.8 Å². The molecule has 0 unspecified atom stereocenters. The molecule has 0 spiro atoms. The fourth-order valence-corrected chi connectivity index (χ4v) is 4.93. The average Bonchev–Trinajstić information content (AvgIpc) is 3.36. The molecule has 3 N–H and O–H groups in total. The molecule has 8 nitrogen and oxygen atoms in total. The quantitative estimate of drug-likeness (QED) is 0.594. The van der Waals surface area contributed by atoms with Gasteiger partial charge in [0, 0.05) is 0 Å². The highest BCUT2D eigenvalue weighted by atomic mass is 32.1. The lowest BCUT2D eigenvalue weighted by atomic mass is 9.79. The number of esters is 1. The zero-order chi connectivity index (χ0) is 21.0. The SMILES string of the molecule is COC(=O)c1ccsc1NC(=O)c1ccsc1NC(=O)[C@@H]1CCCC[C@@H]1C(=O)O. The molecular formula is C19H20N2O6S2. The van der Waals surface area contributed by atoms with Gasteiger partial charge >= 0.3 is 11.9 Å². The number of anilines is 2. The highest BCUT2D eigenvalue weighted by Gasteiger charge is 2.36. The third-order valence-corrected chi connectivity index (χ3v) is 6.52. The molecule has 2 aromatic rings. The van der Waals surface area contributed by atoms with Crippen LogP contribution < -0.4 is 10.6 Å². The van der Waals surface area contributed by atoms with Crippen LogP contribution in [0.15, 0.2) is 22.9 Å². The molecule has 2 amide bonds. The summed E-state index contributed by atoms with van der Waals surface area (Å²) in [6.45, 7) is 0. The molecule has 29 heavy (non-hydrogen) atoms. The van der Waals surface area contributed by atoms with Crippen LogP contribution in [0, 0.1) is 11.8 Å². The Morgan fingerprint density at radius 2 is 1.55 bits per heavy atom. The molecule has 154 valence electrons. The zero-order valence-electron chi connectivity index (χ0n) is 15.6. The minimum Gasteiger partial charge on any atom is -0.481 e. The maximum absolute atomic E-state index is 12.7. The first kappa shape index (κ1) is 21.0. The van der Waals surface area contributed by atoms with Crippen molar-refractivity contribution in [3.63, 3.8) is 0 Å². The van der Waals surface area contributed by atoms with Crippen molar-refractivity contribution in [2.45, 2.75) is 25.7 Å². The van der Waals surface area contributed by atoms with Gasteiger partial charge in [-0.05, 0) is 35.7 Å². The fraction of sp³-hybridized carbons (Fsp3) is 0.368. The number of aliphatic carboxylic acids is 1. The van der Waals surface area contributed by atoms with Crippen LogP contribution in [0.25, 0.3) is 0 Å². The van der Waals surface area contributed by atoms with E-state index in [1.54, 1.807) is 22.9 Å². The molecular weight excluding hydrogens is 416 g/mol. The van der Waals surface area contributed by atoms with E-state index < -0.39 is 29.7 Å². The predicted octanol–water partition coefficient (Wildman–Crippen LogP) is 3.68. The number of carboxylic acids is 1. The van der Waals surface area contributed by atoms with Crippen LogP contribution in [0.1, 0.15) is 46.4 Å². The van der Waals surface area contributed by atoms with Crippen molar-refractivity contribution in [3.8, 4) is 0 Å². The van der Waals surface area contributed by atoms with Crippen molar-refractivity contribution in [1.29, 1.82) is 0 Å². The summed E-state index contributed by atoms with van der Waals surface area (Å²) in [5.41, 5.74) is 0.494. The van der Waals surface area contributed by atoms with E-state index >= 15 is 0 Å². The van der Waals surface area contributed by atoms with E-state index in [0.29, 0.717) is 22.8 Å². The molecule has 0 bridgehead atoms. The molecule has 1 fully saturated rings. The third kappa shape index (κ3) is 4.65. The first-order valence-corrected chi connectivity index (χ1v) is 10.8. The number of nitrogens with one attached hydrogen (secondary N) is 2. The summed E-state index contributed by atoms with van der Waals surface area (Å²) < 4.78 is 4.69. The summed E-state index contributed by atoms with van der Waals surface area (Å²) >= 11 is 2.36. The minimum absolute atomic E-state index is 0.246. The smallest absolute Gasteiger partial charge is 0.340 e. The first-order valence-electron chi connectivity index (χ1n) is 9.00. The van der Waals surface area contributed by atoms with Crippen LogP contribution >= 0.6 is 22.7 Å². The molecule has 0 aliphatic heterocycles. The standard InChI is InChI=1S/C19H20N2O6S2/c1-27-19(26)13-7-9-29-17(13)21-15(23)12-6-8-28-16(12)20-14(22)10-4-2-3-5-11(10)18(24)25/h6-11H,2-5H2,1H3,(H,20,22)(H,21,23)(H,24,25)/t10-,11+/m1/s1. The largest absolute Gasteiger partial charge is 0.481 e. The molecule has 1 aliphatic rings. The van der Waals surface area contributed by atoms with Gasteiger partial charge in [-0.15, -0.1) is 22.7 Å². The van der Waals surface area contributed by atoms with Gasteiger partial charge in [-0.2, -0.15) is 0 Å². The summed E-state index contributed by atoms with van der Waals surface area (Å²) in [4.78, 5) is 48.6. The van der Waals surface area contributed by atoms with Gasteiger partial charge in [0.2, 0.25) is 5.91 Å². The maximum Gasteiger partial charge on any atom is 0.340 e. The summed E-state index contributed by atoms with van der Waals surface area (Å²) in [5, 5.41) is 18.8. The van der Waals surface area contributed by atoms with Crippen LogP contribution in [-0.2, 0) is 14.3 Å². The lowest BCUT2D eigenvalue weighted by molar-refractivity contribution is -0.147. The number of amides is 2. The number of carbonyl (C=O) groups excluding carboxylic acids is 3. The van der Waals surface area contributed by atoms with E-state index in [-0.39, 0.29) is 17.0 Å². The summed E-state index contributed by atoms with van der Waals surface area (Å²) in [6, 6.07) is 3.12. The summed E-state index contributed by atoms with van der Waals surface area (Å²) in [7, 11) is 1.26. The summed E-state index contributed by atoms with van der Waals surface area (Å²) in [5.74, 6) is -3.73. The molecule has 1 saturated carbocycles. The molecule has 3 rings (SSSR count). The normalized spacial score (nSPS) is 18.7. The Morgan fingerprint density at radius 3 is 2.17 bits per heavy atom. The Labute approximate surface area is 174 Å². The fourth-order valence-electron chi connectivity index (χ4n) is 3.38. The number of rotatable bonds is 6. The van der Waals surface area contributed by atoms with Crippen LogP contribution in [0.3, 0.4) is 0 Å². The van der Waals surface area contributed by atoms with Crippen LogP contribution in [0.2, 0.25) is 0 Å². The number of hydrogen-bond donors (Lipinski definition) is 3. The number of carboxylic acid groups (broad SMARTS) is 1. The second-order valence-corrected chi connectivity index (χ2v) is 8.43. The van der Waals surface area contributed by atoms with Crippen molar-refractivity contribution < 1.29 is 29.0 Å². The number of carbonyl (C=O) groups is 4. The maximum atomic E-state index is 12.7. The zero-order valence-corrected chi connectivity index (χ0v) is 17.2. The van der Waals surface area contributed by atoms with Crippen molar-refractivity contribution >= 4 is 56.4 Å². The van der Waals surface area contributed by atoms with Crippen LogP contribution in [0.4, 0.5) is 10.0 Å². The summed E-state index contributed by atoms with van der Waals surface area (Å²) in [6.07, 6.45) is 2.57. The Bertz CT molecular complexity index is 935. The second-order valence-electron chi connectivity index (χ2n) is 6.60. The topological polar surface area (TPSA) is 122 Å². The third-order valence-electron chi connectivity index (χ3n) is 4.86. The van der Waals surface area contributed by atoms with Gasteiger partial charge in [0.05, 0.1) is 30.1 Å². The first-order chi connectivity index (χ1) is 13.9. The van der Waals surface area contributed by atoms with E-state index in [9.17, 15) is 24.3 Å². The molecule has 0 saturated heterocycles. The van der Waals surface area contributed by atoms with Crippen molar-refractivity contribution in [3.05, 3.63) is 34.0 Å². The van der Waals surface area contributed by atoms with Crippen molar-refractivity contribution in [2.75, 3.05) is 17.7 Å². The molecule has 2 atom stereocenters. The van der Waals surface area contributed by atoms with Crippen molar-refractivity contribution in [1.82, 2.24) is 0 Å². The van der Waals surface area contributed by atoms with Crippen LogP contribution in [-0.4, -0.2) is 36.0 Å². The monoisotopic (exact) mass is 436 g/mol. The van der Waals surface area contributed by atoms with E-state index in [4.69, 9.17) is 4.74 Å². The van der Waals surface area contributed by atoms with Gasteiger partial charge in [0.25, 0.3) is 5.91 Å². The number of ether oxygens (including phenoxy) is 1. The van der Waals surface area contributed by atoms with Gasteiger partial charge in [-0.1, -0.05) is 12.8 Å². The van der Waals surface area contributed by atoms with Gasteiger partial charge in [0.15, 0.2) is 0 Å².